The lowest BCUT2D eigenvalue weighted by atomic mass is 9.99. The summed E-state index contributed by atoms with van der Waals surface area (Å²) in [5, 5.41) is 0. The molecule has 0 saturated heterocycles. The molecule has 0 atom stereocenters. The fraction of sp³-hybridized carbons (Fsp3) is 0.353. The molecule has 1 aliphatic rings. The van der Waals surface area contributed by atoms with Crippen LogP contribution in [0.25, 0.3) is 0 Å². The second-order valence-electron chi connectivity index (χ2n) is 5.55. The summed E-state index contributed by atoms with van der Waals surface area (Å²) < 4.78 is 12.9. The Bertz CT molecular complexity index is 624. The summed E-state index contributed by atoms with van der Waals surface area (Å²) in [6.45, 7) is 0.502. The van der Waals surface area contributed by atoms with Crippen LogP contribution in [0.3, 0.4) is 0 Å². The number of amides is 1. The maximum absolute atomic E-state index is 12.9. The van der Waals surface area contributed by atoms with Gasteiger partial charge in [-0.2, -0.15) is 0 Å². The fourth-order valence-corrected chi connectivity index (χ4v) is 3.97. The molecule has 0 spiro atoms. The standard InChI is InChI=1S/C17H18FNOS/c1-19(11-12-6-8-14(18)9-7-12)17(20)16-10-13-4-2-3-5-15(13)21-16/h6-10H,2-5,11H2,1H3. The van der Waals surface area contributed by atoms with Gasteiger partial charge in [0.25, 0.3) is 5.91 Å². The molecule has 0 aliphatic heterocycles. The highest BCUT2D eigenvalue weighted by atomic mass is 32.1. The van der Waals surface area contributed by atoms with Gasteiger partial charge in [0, 0.05) is 18.5 Å². The van der Waals surface area contributed by atoms with Crippen molar-refractivity contribution in [1.82, 2.24) is 4.90 Å². The van der Waals surface area contributed by atoms with Gasteiger partial charge >= 0.3 is 0 Å². The van der Waals surface area contributed by atoms with Crippen LogP contribution in [-0.2, 0) is 19.4 Å². The Balaban J connectivity index is 1.72. The van der Waals surface area contributed by atoms with Crippen molar-refractivity contribution in [3.05, 3.63) is 57.0 Å². The van der Waals surface area contributed by atoms with Gasteiger partial charge in [-0.1, -0.05) is 12.1 Å². The first-order chi connectivity index (χ1) is 10.1. The summed E-state index contributed by atoms with van der Waals surface area (Å²) in [7, 11) is 1.80. The topological polar surface area (TPSA) is 20.3 Å². The van der Waals surface area contributed by atoms with E-state index in [0.717, 1.165) is 23.3 Å². The van der Waals surface area contributed by atoms with Crippen molar-refractivity contribution in [1.29, 1.82) is 0 Å². The average Bonchev–Trinajstić information content (AvgIpc) is 2.92. The molecule has 0 radical (unpaired) electrons. The molecule has 2 nitrogen and oxygen atoms in total. The van der Waals surface area contributed by atoms with Crippen LogP contribution in [0.4, 0.5) is 4.39 Å². The van der Waals surface area contributed by atoms with Crippen LogP contribution in [0.1, 0.15) is 38.5 Å². The van der Waals surface area contributed by atoms with Crippen molar-refractivity contribution in [2.75, 3.05) is 7.05 Å². The van der Waals surface area contributed by atoms with E-state index in [0.29, 0.717) is 6.54 Å². The minimum absolute atomic E-state index is 0.0544. The van der Waals surface area contributed by atoms with E-state index in [4.69, 9.17) is 0 Å². The molecule has 1 amide bonds. The van der Waals surface area contributed by atoms with Crippen molar-refractivity contribution >= 4 is 17.2 Å². The molecule has 4 heteroatoms. The Morgan fingerprint density at radius 1 is 1.24 bits per heavy atom. The molecule has 1 aromatic carbocycles. The van der Waals surface area contributed by atoms with Gasteiger partial charge in [-0.25, -0.2) is 4.39 Å². The van der Waals surface area contributed by atoms with E-state index in [2.05, 4.69) is 6.07 Å². The summed E-state index contributed by atoms with van der Waals surface area (Å²) in [5.41, 5.74) is 2.29. The number of carbonyl (C=O) groups excluding carboxylic acids is 1. The van der Waals surface area contributed by atoms with Gasteiger partial charge < -0.3 is 4.90 Å². The van der Waals surface area contributed by atoms with Crippen LogP contribution in [0, 0.1) is 5.82 Å². The molecule has 3 rings (SSSR count). The van der Waals surface area contributed by atoms with Crippen LogP contribution in [0.5, 0.6) is 0 Å². The predicted octanol–water partition coefficient (Wildman–Crippen LogP) is 4.04. The molecule has 0 N–H and O–H groups in total. The van der Waals surface area contributed by atoms with E-state index in [1.807, 2.05) is 0 Å². The number of aryl methyl sites for hydroxylation is 2. The fourth-order valence-electron chi connectivity index (χ4n) is 2.72. The molecule has 1 aromatic heterocycles. The monoisotopic (exact) mass is 303 g/mol. The molecule has 2 aromatic rings. The third-order valence-corrected chi connectivity index (χ3v) is 5.11. The van der Waals surface area contributed by atoms with Gasteiger partial charge in [0.2, 0.25) is 0 Å². The van der Waals surface area contributed by atoms with E-state index in [-0.39, 0.29) is 11.7 Å². The maximum Gasteiger partial charge on any atom is 0.263 e. The van der Waals surface area contributed by atoms with Crippen LogP contribution < -0.4 is 0 Å². The number of rotatable bonds is 3. The average molecular weight is 303 g/mol. The number of fused-ring (bicyclic) bond motifs is 1. The van der Waals surface area contributed by atoms with Crippen molar-refractivity contribution in [3.8, 4) is 0 Å². The lowest BCUT2D eigenvalue weighted by Gasteiger charge is -2.16. The SMILES string of the molecule is CN(Cc1ccc(F)cc1)C(=O)c1cc2c(s1)CCCC2. The van der Waals surface area contributed by atoms with E-state index in [1.165, 1.54) is 35.4 Å². The number of halogens is 1. The van der Waals surface area contributed by atoms with Crippen molar-refractivity contribution in [2.45, 2.75) is 32.2 Å². The smallest absolute Gasteiger partial charge is 0.263 e. The number of benzene rings is 1. The van der Waals surface area contributed by atoms with Crippen LogP contribution in [0.15, 0.2) is 30.3 Å². The molecule has 0 fully saturated rings. The van der Waals surface area contributed by atoms with Gasteiger partial charge in [0.05, 0.1) is 4.88 Å². The molecule has 1 aliphatic carbocycles. The summed E-state index contributed by atoms with van der Waals surface area (Å²) in [4.78, 5) is 16.4. The first-order valence-electron chi connectivity index (χ1n) is 7.25. The number of carbonyl (C=O) groups is 1. The quantitative estimate of drug-likeness (QED) is 0.838. The zero-order chi connectivity index (χ0) is 14.8. The largest absolute Gasteiger partial charge is 0.337 e. The number of nitrogens with zero attached hydrogens (tertiary/aromatic N) is 1. The van der Waals surface area contributed by atoms with Crippen molar-refractivity contribution in [3.63, 3.8) is 0 Å². The van der Waals surface area contributed by atoms with Crippen LogP contribution >= 0.6 is 11.3 Å². The maximum atomic E-state index is 12.9. The molecular weight excluding hydrogens is 285 g/mol. The highest BCUT2D eigenvalue weighted by Gasteiger charge is 2.19. The molecule has 0 bridgehead atoms. The van der Waals surface area contributed by atoms with Crippen LogP contribution in [-0.4, -0.2) is 17.9 Å². The van der Waals surface area contributed by atoms with Crippen LogP contribution in [0.2, 0.25) is 0 Å². The molecule has 0 saturated carbocycles. The molecule has 21 heavy (non-hydrogen) atoms. The Labute approximate surface area is 128 Å². The third kappa shape index (κ3) is 3.16. The normalized spacial score (nSPS) is 13.8. The first kappa shape index (κ1) is 14.3. The van der Waals surface area contributed by atoms with Gasteiger partial charge in [-0.05, 0) is 55.0 Å². The summed E-state index contributed by atoms with van der Waals surface area (Å²) in [6, 6.07) is 8.36. The Morgan fingerprint density at radius 3 is 2.67 bits per heavy atom. The van der Waals surface area contributed by atoms with Crippen molar-refractivity contribution < 1.29 is 9.18 Å². The molecular formula is C17H18FNOS. The highest BCUT2D eigenvalue weighted by molar-refractivity contribution is 7.14. The number of hydrogen-bond acceptors (Lipinski definition) is 2. The summed E-state index contributed by atoms with van der Waals surface area (Å²) in [6.07, 6.45) is 4.66. The first-order valence-corrected chi connectivity index (χ1v) is 8.06. The zero-order valence-electron chi connectivity index (χ0n) is 12.1. The molecule has 110 valence electrons. The van der Waals surface area contributed by atoms with E-state index < -0.39 is 0 Å². The zero-order valence-corrected chi connectivity index (χ0v) is 12.9. The summed E-state index contributed by atoms with van der Waals surface area (Å²) in [5.74, 6) is -0.197. The third-order valence-electron chi connectivity index (χ3n) is 3.89. The van der Waals surface area contributed by atoms with Gasteiger partial charge in [-0.15, -0.1) is 11.3 Å². The van der Waals surface area contributed by atoms with Gasteiger partial charge in [0.15, 0.2) is 0 Å². The summed E-state index contributed by atoms with van der Waals surface area (Å²) >= 11 is 1.63. The second-order valence-corrected chi connectivity index (χ2v) is 6.69. The lowest BCUT2D eigenvalue weighted by molar-refractivity contribution is 0.0790. The molecule has 1 heterocycles. The Kier molecular flexibility index (Phi) is 4.06. The van der Waals surface area contributed by atoms with E-state index in [9.17, 15) is 9.18 Å². The Hall–Kier alpha value is -1.68. The predicted molar refractivity (Wildman–Crippen MR) is 83.2 cm³/mol. The highest BCUT2D eigenvalue weighted by Crippen LogP contribution is 2.30. The van der Waals surface area contributed by atoms with E-state index in [1.54, 1.807) is 35.4 Å². The van der Waals surface area contributed by atoms with Crippen molar-refractivity contribution in [2.24, 2.45) is 0 Å². The molecule has 0 unspecified atom stereocenters. The lowest BCUT2D eigenvalue weighted by Crippen LogP contribution is -2.25. The van der Waals surface area contributed by atoms with E-state index >= 15 is 0 Å². The second kappa shape index (κ2) is 5.98. The number of thiophene rings is 1. The Morgan fingerprint density at radius 2 is 1.95 bits per heavy atom. The minimum atomic E-state index is -0.251. The van der Waals surface area contributed by atoms with Gasteiger partial charge in [-0.3, -0.25) is 4.79 Å². The minimum Gasteiger partial charge on any atom is -0.337 e. The van der Waals surface area contributed by atoms with Gasteiger partial charge in [0.1, 0.15) is 5.82 Å². The number of hydrogen-bond donors (Lipinski definition) is 0.